The van der Waals surface area contributed by atoms with Crippen LogP contribution in [-0.4, -0.2) is 28.9 Å². The van der Waals surface area contributed by atoms with Gasteiger partial charge in [0, 0.05) is 24.0 Å². The molecule has 20 heavy (non-hydrogen) atoms. The number of nitrogens with zero attached hydrogens (tertiary/aromatic N) is 1. The second-order valence-electron chi connectivity index (χ2n) is 7.60. The van der Waals surface area contributed by atoms with Gasteiger partial charge < -0.3 is 10.6 Å². The quantitative estimate of drug-likeness (QED) is 0.809. The van der Waals surface area contributed by atoms with Crippen LogP contribution in [0.5, 0.6) is 0 Å². The maximum Gasteiger partial charge on any atom is 0.226 e. The number of hydrogen-bond donors (Lipinski definition) is 1. The highest BCUT2D eigenvalue weighted by Crippen LogP contribution is 2.43. The molecule has 2 N–H and O–H groups in total. The Hall–Kier alpha value is -0.280. The van der Waals surface area contributed by atoms with Crippen molar-refractivity contribution < 1.29 is 4.79 Å². The van der Waals surface area contributed by atoms with Crippen molar-refractivity contribution >= 4 is 18.3 Å². The van der Waals surface area contributed by atoms with Crippen LogP contribution in [-0.2, 0) is 4.79 Å². The average molecular weight is 301 g/mol. The van der Waals surface area contributed by atoms with Crippen LogP contribution in [0.4, 0.5) is 0 Å². The minimum atomic E-state index is 0. The van der Waals surface area contributed by atoms with Crippen LogP contribution in [0.25, 0.3) is 0 Å². The zero-order valence-electron chi connectivity index (χ0n) is 12.8. The molecule has 2 unspecified atom stereocenters. The summed E-state index contributed by atoms with van der Waals surface area (Å²) in [6.07, 6.45) is 8.21. The lowest BCUT2D eigenvalue weighted by Gasteiger charge is -2.45. The summed E-state index contributed by atoms with van der Waals surface area (Å²) in [5.74, 6) is 1.89. The van der Waals surface area contributed by atoms with Gasteiger partial charge in [0.1, 0.15) is 0 Å². The minimum Gasteiger partial charge on any atom is -0.337 e. The number of amides is 1. The van der Waals surface area contributed by atoms with Crippen molar-refractivity contribution in [2.75, 3.05) is 6.54 Å². The third kappa shape index (κ3) is 2.71. The lowest BCUT2D eigenvalue weighted by atomic mass is 9.65. The first-order valence-electron chi connectivity index (χ1n) is 8.06. The molecule has 1 saturated heterocycles. The highest BCUT2D eigenvalue weighted by Gasteiger charge is 2.44. The van der Waals surface area contributed by atoms with Crippen LogP contribution in [0, 0.1) is 17.8 Å². The number of nitrogens with two attached hydrogens (primary N) is 1. The van der Waals surface area contributed by atoms with Gasteiger partial charge in [-0.25, -0.2) is 0 Å². The van der Waals surface area contributed by atoms with Crippen molar-refractivity contribution in [3.63, 3.8) is 0 Å². The Labute approximate surface area is 129 Å². The average Bonchev–Trinajstić information content (AvgIpc) is 2.67. The van der Waals surface area contributed by atoms with E-state index in [1.807, 2.05) is 0 Å². The molecule has 2 atom stereocenters. The third-order valence-corrected chi connectivity index (χ3v) is 5.93. The van der Waals surface area contributed by atoms with Crippen molar-refractivity contribution in [3.05, 3.63) is 0 Å². The molecule has 2 saturated carbocycles. The second-order valence-corrected chi connectivity index (χ2v) is 7.60. The Morgan fingerprint density at radius 2 is 1.75 bits per heavy atom. The number of hydrogen-bond acceptors (Lipinski definition) is 2. The second kappa shape index (κ2) is 5.84. The van der Waals surface area contributed by atoms with Gasteiger partial charge in [-0.3, -0.25) is 4.79 Å². The van der Waals surface area contributed by atoms with Crippen molar-refractivity contribution in [2.24, 2.45) is 23.5 Å². The molecule has 1 aliphatic heterocycles. The molecule has 2 aliphatic carbocycles. The monoisotopic (exact) mass is 300 g/mol. The molecule has 2 bridgehead atoms. The predicted octanol–water partition coefficient (Wildman–Crippen LogP) is 2.96. The molecule has 3 aliphatic rings. The molecule has 4 heteroatoms. The van der Waals surface area contributed by atoms with Crippen LogP contribution >= 0.6 is 12.4 Å². The molecule has 3 nitrogen and oxygen atoms in total. The van der Waals surface area contributed by atoms with E-state index in [1.165, 1.54) is 19.3 Å². The molecule has 1 heterocycles. The molecule has 1 amide bonds. The van der Waals surface area contributed by atoms with Gasteiger partial charge in [0.25, 0.3) is 0 Å². The van der Waals surface area contributed by atoms with E-state index in [2.05, 4.69) is 18.7 Å². The van der Waals surface area contributed by atoms with Crippen LogP contribution in [0.1, 0.15) is 58.8 Å². The molecule has 3 fully saturated rings. The van der Waals surface area contributed by atoms with Crippen molar-refractivity contribution in [1.82, 2.24) is 4.90 Å². The standard InChI is InChI=1S/C16H28N2O.ClH/c1-16(2)7-4-8-18(16)15(19)13-9-11-5-3-6-12(10-13)14(11)17;/h11-14H,3-10,17H2,1-2H3;1H. The van der Waals surface area contributed by atoms with E-state index in [9.17, 15) is 4.79 Å². The molecule has 0 aromatic heterocycles. The summed E-state index contributed by atoms with van der Waals surface area (Å²) in [6, 6.07) is 0.365. The predicted molar refractivity (Wildman–Crippen MR) is 83.8 cm³/mol. The molecule has 116 valence electrons. The van der Waals surface area contributed by atoms with E-state index < -0.39 is 0 Å². The molecular weight excluding hydrogens is 272 g/mol. The maximum absolute atomic E-state index is 12.8. The largest absolute Gasteiger partial charge is 0.337 e. The summed E-state index contributed by atoms with van der Waals surface area (Å²) in [6.45, 7) is 5.39. The molecule has 0 spiro atoms. The van der Waals surface area contributed by atoms with Gasteiger partial charge in [-0.05, 0) is 64.2 Å². The van der Waals surface area contributed by atoms with Crippen molar-refractivity contribution in [1.29, 1.82) is 0 Å². The fourth-order valence-corrected chi connectivity index (χ4v) is 4.73. The Morgan fingerprint density at radius 3 is 2.25 bits per heavy atom. The van der Waals surface area contributed by atoms with Gasteiger partial charge in [-0.1, -0.05) is 6.42 Å². The third-order valence-electron chi connectivity index (χ3n) is 5.93. The lowest BCUT2D eigenvalue weighted by molar-refractivity contribution is -0.141. The number of fused-ring (bicyclic) bond motifs is 2. The van der Waals surface area contributed by atoms with E-state index in [-0.39, 0.29) is 23.9 Å². The Morgan fingerprint density at radius 1 is 1.15 bits per heavy atom. The molecular formula is C16H29ClN2O. The lowest BCUT2D eigenvalue weighted by Crippen LogP contribution is -2.52. The minimum absolute atomic E-state index is 0. The first-order chi connectivity index (χ1) is 8.99. The smallest absolute Gasteiger partial charge is 0.226 e. The molecule has 0 radical (unpaired) electrons. The maximum atomic E-state index is 12.8. The number of carbonyl (C=O) groups excluding carboxylic acids is 1. The molecule has 3 rings (SSSR count). The number of halogens is 1. The van der Waals surface area contributed by atoms with Gasteiger partial charge in [-0.2, -0.15) is 0 Å². The Bertz CT molecular complexity index is 357. The fraction of sp³-hybridized carbons (Fsp3) is 0.938. The van der Waals surface area contributed by atoms with E-state index in [0.717, 1.165) is 32.2 Å². The zero-order valence-corrected chi connectivity index (χ0v) is 13.6. The van der Waals surface area contributed by atoms with E-state index in [1.54, 1.807) is 0 Å². The summed E-state index contributed by atoms with van der Waals surface area (Å²) in [5.41, 5.74) is 6.40. The number of carbonyl (C=O) groups is 1. The highest BCUT2D eigenvalue weighted by atomic mass is 35.5. The van der Waals surface area contributed by atoms with Gasteiger partial charge in [0.05, 0.1) is 0 Å². The molecule has 0 aromatic rings. The van der Waals surface area contributed by atoms with Crippen LogP contribution in [0.3, 0.4) is 0 Å². The zero-order chi connectivity index (χ0) is 13.6. The molecule has 0 aromatic carbocycles. The van der Waals surface area contributed by atoms with Gasteiger partial charge in [0.15, 0.2) is 0 Å². The Kier molecular flexibility index (Phi) is 4.70. The summed E-state index contributed by atoms with van der Waals surface area (Å²) in [4.78, 5) is 15.0. The van der Waals surface area contributed by atoms with Gasteiger partial charge in [-0.15, -0.1) is 12.4 Å². The normalized spacial score (nSPS) is 39.2. The fourth-order valence-electron chi connectivity index (χ4n) is 4.73. The number of rotatable bonds is 1. The van der Waals surface area contributed by atoms with Gasteiger partial charge in [0.2, 0.25) is 5.91 Å². The van der Waals surface area contributed by atoms with Crippen molar-refractivity contribution in [3.8, 4) is 0 Å². The first-order valence-corrected chi connectivity index (χ1v) is 8.06. The number of likely N-dealkylation sites (tertiary alicyclic amines) is 1. The van der Waals surface area contributed by atoms with E-state index in [4.69, 9.17) is 5.73 Å². The van der Waals surface area contributed by atoms with Gasteiger partial charge >= 0.3 is 0 Å². The van der Waals surface area contributed by atoms with Crippen LogP contribution in [0.2, 0.25) is 0 Å². The summed E-state index contributed by atoms with van der Waals surface area (Å²) in [5, 5.41) is 0. The van der Waals surface area contributed by atoms with Crippen LogP contribution < -0.4 is 5.73 Å². The first kappa shape index (κ1) is 16.1. The highest BCUT2D eigenvalue weighted by molar-refractivity contribution is 5.85. The van der Waals surface area contributed by atoms with Crippen LogP contribution in [0.15, 0.2) is 0 Å². The topological polar surface area (TPSA) is 46.3 Å². The Balaban J connectivity index is 0.00000147. The van der Waals surface area contributed by atoms with Crippen molar-refractivity contribution in [2.45, 2.75) is 70.4 Å². The SMILES string of the molecule is CC1(C)CCCN1C(=O)C1CC2CCCC(C1)C2N.Cl. The summed E-state index contributed by atoms with van der Waals surface area (Å²) < 4.78 is 0. The van der Waals surface area contributed by atoms with E-state index in [0.29, 0.717) is 23.8 Å². The van der Waals surface area contributed by atoms with E-state index >= 15 is 0 Å². The summed E-state index contributed by atoms with van der Waals surface area (Å²) in [7, 11) is 0. The summed E-state index contributed by atoms with van der Waals surface area (Å²) >= 11 is 0.